The number of aromatic nitrogens is 3. The summed E-state index contributed by atoms with van der Waals surface area (Å²) in [5, 5.41) is 7.65. The van der Waals surface area contributed by atoms with Gasteiger partial charge in [-0.15, -0.1) is 0 Å². The molecule has 162 valence electrons. The Labute approximate surface area is 174 Å². The quantitative estimate of drug-likeness (QED) is 0.684. The molecule has 2 amide bonds. The summed E-state index contributed by atoms with van der Waals surface area (Å²) in [5.41, 5.74) is 1.12. The van der Waals surface area contributed by atoms with Crippen LogP contribution in [0, 0.1) is 6.92 Å². The molecule has 0 saturated carbocycles. The molecule has 11 nitrogen and oxygen atoms in total. The van der Waals surface area contributed by atoms with Crippen molar-refractivity contribution in [3.63, 3.8) is 0 Å². The van der Waals surface area contributed by atoms with E-state index in [0.29, 0.717) is 63.1 Å². The van der Waals surface area contributed by atoms with Crippen LogP contribution in [0.25, 0.3) is 11.1 Å². The third-order valence-electron chi connectivity index (χ3n) is 5.53. The number of nitrogens with zero attached hydrogens (tertiary/aromatic N) is 6. The van der Waals surface area contributed by atoms with Crippen LogP contribution in [0.15, 0.2) is 10.9 Å². The Kier molecular flexibility index (Phi) is 6.09. The van der Waals surface area contributed by atoms with E-state index < -0.39 is 6.10 Å². The molecule has 1 atom stereocenters. The maximum absolute atomic E-state index is 13.1. The fraction of sp³-hybridized carbons (Fsp3) is 0.632. The topological polar surface area (TPSA) is 117 Å². The number of fused-ring (bicyclic) bond motifs is 1. The highest BCUT2D eigenvalue weighted by Crippen LogP contribution is 2.25. The van der Waals surface area contributed by atoms with E-state index in [9.17, 15) is 9.59 Å². The van der Waals surface area contributed by atoms with Gasteiger partial charge in [0.15, 0.2) is 0 Å². The molecular formula is C19H27N7O4. The number of nitrogens with one attached hydrogen (secondary N) is 1. The smallest absolute Gasteiger partial charge is 0.263 e. The zero-order valence-electron chi connectivity index (χ0n) is 17.3. The molecule has 0 aliphatic carbocycles. The van der Waals surface area contributed by atoms with Crippen LogP contribution in [0.2, 0.25) is 0 Å². The van der Waals surface area contributed by atoms with E-state index in [1.807, 2.05) is 18.9 Å². The third kappa shape index (κ3) is 4.36. The number of rotatable bonds is 2. The maximum atomic E-state index is 13.1. The van der Waals surface area contributed by atoms with E-state index >= 15 is 0 Å². The molecule has 2 aliphatic heterocycles. The molecule has 0 radical (unpaired) electrons. The average Bonchev–Trinajstić information content (AvgIpc) is 3.13. The Bertz CT molecular complexity index is 917. The molecule has 2 fully saturated rings. The van der Waals surface area contributed by atoms with Crippen LogP contribution in [0.5, 0.6) is 0 Å². The molecule has 1 unspecified atom stereocenters. The SMILES string of the molecule is Cc1noc2ncnc(N3CCNC(=O)CCN(C(=O)C4CN(C)CCO4)CC3)c12. The van der Waals surface area contributed by atoms with Crippen LogP contribution in [-0.4, -0.2) is 102 Å². The van der Waals surface area contributed by atoms with Crippen molar-refractivity contribution in [2.24, 2.45) is 0 Å². The van der Waals surface area contributed by atoms with Crippen molar-refractivity contribution < 1.29 is 18.8 Å². The van der Waals surface area contributed by atoms with Crippen LogP contribution in [0.4, 0.5) is 5.82 Å². The van der Waals surface area contributed by atoms with Crippen LogP contribution in [0.3, 0.4) is 0 Å². The van der Waals surface area contributed by atoms with Crippen molar-refractivity contribution in [3.05, 3.63) is 12.0 Å². The Balaban J connectivity index is 1.56. The Hall–Kier alpha value is -2.79. The van der Waals surface area contributed by atoms with Gasteiger partial charge in [0.2, 0.25) is 5.91 Å². The van der Waals surface area contributed by atoms with Gasteiger partial charge in [0.1, 0.15) is 23.6 Å². The van der Waals surface area contributed by atoms with Gasteiger partial charge >= 0.3 is 0 Å². The van der Waals surface area contributed by atoms with Crippen molar-refractivity contribution in [3.8, 4) is 0 Å². The Morgan fingerprint density at radius 3 is 2.90 bits per heavy atom. The highest BCUT2D eigenvalue weighted by atomic mass is 16.5. The summed E-state index contributed by atoms with van der Waals surface area (Å²) >= 11 is 0. The molecule has 4 heterocycles. The van der Waals surface area contributed by atoms with E-state index in [0.717, 1.165) is 11.9 Å². The Morgan fingerprint density at radius 2 is 2.07 bits per heavy atom. The molecule has 4 rings (SSSR count). The van der Waals surface area contributed by atoms with Gasteiger partial charge in [-0.2, -0.15) is 4.98 Å². The molecule has 2 aliphatic rings. The summed E-state index contributed by atoms with van der Waals surface area (Å²) in [6, 6.07) is 0. The lowest BCUT2D eigenvalue weighted by atomic mass is 10.2. The number of likely N-dealkylation sites (N-methyl/N-ethyl adjacent to an activating group) is 1. The van der Waals surface area contributed by atoms with E-state index in [-0.39, 0.29) is 18.2 Å². The molecule has 11 heteroatoms. The summed E-state index contributed by atoms with van der Waals surface area (Å²) in [4.78, 5) is 39.7. The van der Waals surface area contributed by atoms with Gasteiger partial charge in [-0.3, -0.25) is 9.59 Å². The average molecular weight is 417 g/mol. The summed E-state index contributed by atoms with van der Waals surface area (Å²) in [7, 11) is 1.97. The van der Waals surface area contributed by atoms with Crippen molar-refractivity contribution in [1.82, 2.24) is 30.2 Å². The van der Waals surface area contributed by atoms with Crippen molar-refractivity contribution in [1.29, 1.82) is 0 Å². The predicted molar refractivity (Wildman–Crippen MR) is 108 cm³/mol. The Morgan fingerprint density at radius 1 is 1.20 bits per heavy atom. The lowest BCUT2D eigenvalue weighted by molar-refractivity contribution is -0.149. The van der Waals surface area contributed by atoms with Crippen LogP contribution in [-0.2, 0) is 14.3 Å². The first-order chi connectivity index (χ1) is 14.5. The molecule has 30 heavy (non-hydrogen) atoms. The summed E-state index contributed by atoms with van der Waals surface area (Å²) in [6.07, 6.45) is 1.21. The molecular weight excluding hydrogens is 390 g/mol. The van der Waals surface area contributed by atoms with Gasteiger partial charge in [-0.1, -0.05) is 5.16 Å². The number of carbonyl (C=O) groups is 2. The second-order valence-corrected chi connectivity index (χ2v) is 7.68. The first-order valence-electron chi connectivity index (χ1n) is 10.2. The van der Waals surface area contributed by atoms with Crippen molar-refractivity contribution in [2.75, 3.05) is 64.4 Å². The molecule has 0 spiro atoms. The number of aryl methyl sites for hydroxylation is 1. The van der Waals surface area contributed by atoms with Gasteiger partial charge in [0.25, 0.3) is 11.6 Å². The van der Waals surface area contributed by atoms with Gasteiger partial charge in [-0.05, 0) is 14.0 Å². The predicted octanol–water partition coefficient (Wildman–Crippen LogP) is -0.588. The molecule has 2 saturated heterocycles. The summed E-state index contributed by atoms with van der Waals surface area (Å²) in [5.74, 6) is 0.531. The van der Waals surface area contributed by atoms with E-state index in [1.165, 1.54) is 6.33 Å². The minimum Gasteiger partial charge on any atom is -0.366 e. The van der Waals surface area contributed by atoms with Crippen molar-refractivity contribution in [2.45, 2.75) is 19.4 Å². The highest BCUT2D eigenvalue weighted by Gasteiger charge is 2.30. The standard InChI is InChI=1S/C19H27N7O4/c1-13-16-17(21-12-22-18(16)30-23-13)25-6-4-20-15(27)3-5-26(8-7-25)19(28)14-11-24(2)9-10-29-14/h12,14H,3-11H2,1-2H3,(H,20,27). The second kappa shape index (κ2) is 8.92. The zero-order valence-corrected chi connectivity index (χ0v) is 17.3. The van der Waals surface area contributed by atoms with Gasteiger partial charge in [0.05, 0.1) is 12.3 Å². The van der Waals surface area contributed by atoms with Gasteiger partial charge in [0, 0.05) is 52.2 Å². The third-order valence-corrected chi connectivity index (χ3v) is 5.53. The number of anilines is 1. The van der Waals surface area contributed by atoms with E-state index in [4.69, 9.17) is 9.26 Å². The molecule has 0 bridgehead atoms. The number of hydrogen-bond acceptors (Lipinski definition) is 9. The van der Waals surface area contributed by atoms with Crippen LogP contribution in [0.1, 0.15) is 12.1 Å². The van der Waals surface area contributed by atoms with E-state index in [1.54, 1.807) is 4.90 Å². The maximum Gasteiger partial charge on any atom is 0.263 e. The largest absolute Gasteiger partial charge is 0.366 e. The fourth-order valence-electron chi connectivity index (χ4n) is 3.83. The zero-order chi connectivity index (χ0) is 21.1. The molecule has 1 N–H and O–H groups in total. The van der Waals surface area contributed by atoms with Gasteiger partial charge < -0.3 is 29.3 Å². The first-order valence-corrected chi connectivity index (χ1v) is 10.2. The molecule has 2 aromatic heterocycles. The number of carbonyl (C=O) groups excluding carboxylic acids is 2. The van der Waals surface area contributed by atoms with Gasteiger partial charge in [-0.25, -0.2) is 4.98 Å². The minimum atomic E-state index is -0.505. The highest BCUT2D eigenvalue weighted by molar-refractivity contribution is 5.88. The lowest BCUT2D eigenvalue weighted by Crippen LogP contribution is -2.52. The number of ether oxygens (including phenoxy) is 1. The minimum absolute atomic E-state index is 0.0784. The fourth-order valence-corrected chi connectivity index (χ4v) is 3.83. The van der Waals surface area contributed by atoms with E-state index in [2.05, 4.69) is 25.3 Å². The summed E-state index contributed by atoms with van der Waals surface area (Å²) < 4.78 is 11.0. The number of hydrogen-bond donors (Lipinski definition) is 1. The van der Waals surface area contributed by atoms with Crippen molar-refractivity contribution >= 4 is 28.7 Å². The monoisotopic (exact) mass is 417 g/mol. The van der Waals surface area contributed by atoms with Crippen LogP contribution >= 0.6 is 0 Å². The first kappa shape index (κ1) is 20.5. The second-order valence-electron chi connectivity index (χ2n) is 7.68. The summed E-state index contributed by atoms with van der Waals surface area (Å²) in [6.45, 7) is 6.14. The normalized spacial score (nSPS) is 22.2. The molecule has 0 aromatic carbocycles. The number of amides is 2. The van der Waals surface area contributed by atoms with Crippen LogP contribution < -0.4 is 10.2 Å². The lowest BCUT2D eigenvalue weighted by Gasteiger charge is -2.35. The number of morpholine rings is 1. The molecule has 2 aromatic rings.